The van der Waals surface area contributed by atoms with Gasteiger partial charge in [-0.25, -0.2) is 8.78 Å². The summed E-state index contributed by atoms with van der Waals surface area (Å²) < 4.78 is 33.1. The average molecular weight is 376 g/mol. The van der Waals surface area contributed by atoms with Gasteiger partial charge in [0.2, 0.25) is 0 Å². The molecule has 0 bridgehead atoms. The van der Waals surface area contributed by atoms with Crippen LogP contribution in [-0.2, 0) is 0 Å². The van der Waals surface area contributed by atoms with Gasteiger partial charge in [-0.15, -0.1) is 0 Å². The van der Waals surface area contributed by atoms with E-state index in [0.29, 0.717) is 24.1 Å². The van der Waals surface area contributed by atoms with Crippen molar-refractivity contribution in [2.75, 3.05) is 19.6 Å². The summed E-state index contributed by atoms with van der Waals surface area (Å²) in [5, 5.41) is 19.6. The summed E-state index contributed by atoms with van der Waals surface area (Å²) in [5.41, 5.74) is 0.529. The molecule has 2 fully saturated rings. The van der Waals surface area contributed by atoms with E-state index in [4.69, 9.17) is 4.74 Å². The smallest absolute Gasteiger partial charge is 0.191 e. The molecular weight excluding hydrogens is 354 g/mol. The predicted octanol–water partition coefficient (Wildman–Crippen LogP) is 2.89. The number of β-amino-alcohol motifs (C(OH)–C–C–N with tert-alkyl or cyclic N) is 1. The normalized spacial score (nSPS) is 26.1. The SMILES string of the molecule is Oc1ccc(C(O)CN2C[C@H]3C[C@@H](Oc4c(F)cccc4F)C[C@H]3C2)nc1. The monoisotopic (exact) mass is 376 g/mol. The Balaban J connectivity index is 1.31. The van der Waals surface area contributed by atoms with Crippen LogP contribution in [0.4, 0.5) is 8.78 Å². The summed E-state index contributed by atoms with van der Waals surface area (Å²) in [7, 11) is 0. The molecule has 1 aromatic heterocycles. The number of aliphatic hydroxyl groups is 1. The summed E-state index contributed by atoms with van der Waals surface area (Å²) in [5.74, 6) is -0.766. The van der Waals surface area contributed by atoms with Crippen LogP contribution in [0.5, 0.6) is 11.5 Å². The zero-order chi connectivity index (χ0) is 19.0. The number of fused-ring (bicyclic) bond motifs is 1. The van der Waals surface area contributed by atoms with E-state index in [1.54, 1.807) is 6.07 Å². The van der Waals surface area contributed by atoms with Crippen LogP contribution in [0.15, 0.2) is 36.5 Å². The van der Waals surface area contributed by atoms with E-state index in [1.807, 2.05) is 0 Å². The Morgan fingerprint density at radius 2 is 1.78 bits per heavy atom. The van der Waals surface area contributed by atoms with E-state index in [1.165, 1.54) is 30.5 Å². The molecule has 2 heterocycles. The maximum Gasteiger partial charge on any atom is 0.191 e. The first-order chi connectivity index (χ1) is 13.0. The van der Waals surface area contributed by atoms with Crippen LogP contribution in [0.1, 0.15) is 24.6 Å². The lowest BCUT2D eigenvalue weighted by Gasteiger charge is -2.22. The van der Waals surface area contributed by atoms with E-state index < -0.39 is 17.7 Å². The molecule has 5 nitrogen and oxygen atoms in total. The fourth-order valence-electron chi connectivity index (χ4n) is 4.28. The first-order valence-electron chi connectivity index (χ1n) is 9.15. The molecular formula is C20H22F2N2O3. The van der Waals surface area contributed by atoms with Crippen molar-refractivity contribution in [1.82, 2.24) is 9.88 Å². The van der Waals surface area contributed by atoms with Crippen LogP contribution in [0, 0.1) is 23.5 Å². The number of likely N-dealkylation sites (tertiary alicyclic amines) is 1. The summed E-state index contributed by atoms with van der Waals surface area (Å²) >= 11 is 0. The molecule has 27 heavy (non-hydrogen) atoms. The van der Waals surface area contributed by atoms with Gasteiger partial charge in [-0.1, -0.05) is 6.07 Å². The highest BCUT2D eigenvalue weighted by Crippen LogP contribution is 2.40. The average Bonchev–Trinajstić information content (AvgIpc) is 3.16. The molecule has 0 spiro atoms. The number of ether oxygens (including phenoxy) is 1. The summed E-state index contributed by atoms with van der Waals surface area (Å²) in [6.45, 7) is 2.11. The van der Waals surface area contributed by atoms with Crippen LogP contribution in [0.3, 0.4) is 0 Å². The van der Waals surface area contributed by atoms with Crippen molar-refractivity contribution in [2.24, 2.45) is 11.8 Å². The zero-order valence-electron chi connectivity index (χ0n) is 14.8. The minimum Gasteiger partial charge on any atom is -0.506 e. The van der Waals surface area contributed by atoms with Crippen molar-refractivity contribution in [3.63, 3.8) is 0 Å². The van der Waals surface area contributed by atoms with Gasteiger partial charge in [-0.2, -0.15) is 0 Å². The largest absolute Gasteiger partial charge is 0.506 e. The maximum absolute atomic E-state index is 13.8. The molecule has 1 saturated carbocycles. The summed E-state index contributed by atoms with van der Waals surface area (Å²) in [4.78, 5) is 6.24. The number of halogens is 2. The number of aromatic hydroxyl groups is 1. The Morgan fingerprint density at radius 3 is 2.37 bits per heavy atom. The van der Waals surface area contributed by atoms with Crippen LogP contribution in [0.2, 0.25) is 0 Å². The molecule has 1 aliphatic heterocycles. The molecule has 144 valence electrons. The van der Waals surface area contributed by atoms with E-state index in [-0.39, 0.29) is 17.6 Å². The lowest BCUT2D eigenvalue weighted by Crippen LogP contribution is -2.29. The predicted molar refractivity (Wildman–Crippen MR) is 94.3 cm³/mol. The molecule has 1 aliphatic carbocycles. The highest BCUT2D eigenvalue weighted by Gasteiger charge is 2.42. The number of aromatic nitrogens is 1. The maximum atomic E-state index is 13.8. The number of nitrogens with zero attached hydrogens (tertiary/aromatic N) is 2. The number of benzene rings is 1. The Kier molecular flexibility index (Phi) is 4.97. The fraction of sp³-hybridized carbons (Fsp3) is 0.450. The van der Waals surface area contributed by atoms with Crippen LogP contribution in [-0.4, -0.2) is 45.8 Å². The van der Waals surface area contributed by atoms with Gasteiger partial charge in [-0.3, -0.25) is 9.88 Å². The molecule has 1 unspecified atom stereocenters. The lowest BCUT2D eigenvalue weighted by atomic mass is 10.0. The second-order valence-electron chi connectivity index (χ2n) is 7.46. The van der Waals surface area contributed by atoms with Crippen molar-refractivity contribution >= 4 is 0 Å². The van der Waals surface area contributed by atoms with Gasteiger partial charge in [0.15, 0.2) is 17.4 Å². The number of para-hydroxylation sites is 1. The molecule has 0 amide bonds. The van der Waals surface area contributed by atoms with Crippen LogP contribution in [0.25, 0.3) is 0 Å². The molecule has 7 heteroatoms. The highest BCUT2D eigenvalue weighted by atomic mass is 19.1. The molecule has 2 aliphatic rings. The van der Waals surface area contributed by atoms with Gasteiger partial charge in [0, 0.05) is 19.6 Å². The van der Waals surface area contributed by atoms with E-state index >= 15 is 0 Å². The van der Waals surface area contributed by atoms with Crippen molar-refractivity contribution in [1.29, 1.82) is 0 Å². The minimum absolute atomic E-state index is 0.0685. The van der Waals surface area contributed by atoms with Gasteiger partial charge < -0.3 is 14.9 Å². The first kappa shape index (κ1) is 18.1. The van der Waals surface area contributed by atoms with Gasteiger partial charge in [0.1, 0.15) is 11.9 Å². The summed E-state index contributed by atoms with van der Waals surface area (Å²) in [6, 6.07) is 6.86. The lowest BCUT2D eigenvalue weighted by molar-refractivity contribution is 0.112. The van der Waals surface area contributed by atoms with Crippen molar-refractivity contribution in [3.05, 3.63) is 53.9 Å². The quantitative estimate of drug-likeness (QED) is 0.840. The third-order valence-electron chi connectivity index (χ3n) is 5.53. The van der Waals surface area contributed by atoms with Gasteiger partial charge >= 0.3 is 0 Å². The van der Waals surface area contributed by atoms with Crippen molar-refractivity contribution in [3.8, 4) is 11.5 Å². The second-order valence-corrected chi connectivity index (χ2v) is 7.46. The van der Waals surface area contributed by atoms with E-state index in [2.05, 4.69) is 9.88 Å². The number of aliphatic hydroxyl groups excluding tert-OH is 1. The van der Waals surface area contributed by atoms with Crippen molar-refractivity contribution < 1.29 is 23.7 Å². The second kappa shape index (κ2) is 7.40. The highest BCUT2D eigenvalue weighted by molar-refractivity contribution is 5.26. The molecule has 4 rings (SSSR count). The fourth-order valence-corrected chi connectivity index (χ4v) is 4.28. The van der Waals surface area contributed by atoms with E-state index in [9.17, 15) is 19.0 Å². The molecule has 0 radical (unpaired) electrons. The Labute approximate surface area is 156 Å². The van der Waals surface area contributed by atoms with Crippen molar-refractivity contribution in [2.45, 2.75) is 25.0 Å². The molecule has 1 aromatic carbocycles. The van der Waals surface area contributed by atoms with Gasteiger partial charge in [-0.05, 0) is 48.9 Å². The number of hydrogen-bond acceptors (Lipinski definition) is 5. The van der Waals surface area contributed by atoms with Crippen LogP contribution < -0.4 is 4.74 Å². The third-order valence-corrected chi connectivity index (χ3v) is 5.53. The molecule has 4 atom stereocenters. The third kappa shape index (κ3) is 3.89. The standard InChI is InChI=1S/C20H22F2N2O3/c21-16-2-1-3-17(22)20(16)27-15-6-12-9-24(10-13(12)7-15)11-19(26)18-5-4-14(25)8-23-18/h1-5,8,12-13,15,19,25-26H,6-7,9-11H2/t12-,13+,15-,19?. The summed E-state index contributed by atoms with van der Waals surface area (Å²) in [6.07, 6.45) is 1.92. The first-order valence-corrected chi connectivity index (χ1v) is 9.15. The number of hydrogen-bond donors (Lipinski definition) is 2. The van der Waals surface area contributed by atoms with Gasteiger partial charge in [0.05, 0.1) is 18.0 Å². The Hall–Kier alpha value is -2.25. The Morgan fingerprint density at radius 1 is 1.11 bits per heavy atom. The van der Waals surface area contributed by atoms with Crippen LogP contribution >= 0.6 is 0 Å². The zero-order valence-corrected chi connectivity index (χ0v) is 14.8. The van der Waals surface area contributed by atoms with E-state index in [0.717, 1.165) is 25.9 Å². The molecule has 2 aromatic rings. The number of pyridine rings is 1. The van der Waals surface area contributed by atoms with Gasteiger partial charge in [0.25, 0.3) is 0 Å². The molecule has 2 N–H and O–H groups in total. The Bertz CT molecular complexity index is 768. The topological polar surface area (TPSA) is 65.8 Å². The minimum atomic E-state index is -0.719. The molecule has 1 saturated heterocycles. The number of rotatable bonds is 5.